The topological polar surface area (TPSA) is 17.1 Å². The highest BCUT2D eigenvalue weighted by Crippen LogP contribution is 2.30. The Hall–Kier alpha value is -0.633. The van der Waals surface area contributed by atoms with Gasteiger partial charge in [0.05, 0.1) is 0 Å². The Labute approximate surface area is 101 Å². The lowest BCUT2D eigenvalue weighted by Crippen LogP contribution is -2.23. The van der Waals surface area contributed by atoms with E-state index in [0.29, 0.717) is 0 Å². The molecule has 16 heavy (non-hydrogen) atoms. The van der Waals surface area contributed by atoms with Crippen LogP contribution in [0.5, 0.6) is 0 Å². The van der Waals surface area contributed by atoms with Gasteiger partial charge in [0.1, 0.15) is 0 Å². The molecule has 1 aliphatic rings. The van der Waals surface area contributed by atoms with Crippen LogP contribution in [0.15, 0.2) is 23.8 Å². The molecule has 1 nitrogen and oxygen atoms in total. The number of hydrogen-bond acceptors (Lipinski definition) is 1. The summed E-state index contributed by atoms with van der Waals surface area (Å²) in [6.45, 7) is 10.6. The first kappa shape index (κ1) is 13.4. The van der Waals surface area contributed by atoms with Crippen molar-refractivity contribution < 1.29 is 4.79 Å². The van der Waals surface area contributed by atoms with Crippen LogP contribution in [0.1, 0.15) is 32.1 Å². The number of ketones is 1. The van der Waals surface area contributed by atoms with E-state index in [1.165, 1.54) is 30.9 Å². The molecule has 0 bridgehead atoms. The number of rotatable bonds is 4. The number of carbonyl (C=O) groups excluding carboxylic acids is 1. The lowest BCUT2D eigenvalue weighted by molar-refractivity contribution is -0.111. The van der Waals surface area contributed by atoms with Crippen LogP contribution in [0, 0.1) is 0 Å². The van der Waals surface area contributed by atoms with Crippen molar-refractivity contribution in [2.45, 2.75) is 57.8 Å². The average molecular weight is 236 g/mol. The minimum Gasteiger partial charge on any atom is -0.290 e. The van der Waals surface area contributed by atoms with Crippen LogP contribution in [-0.4, -0.2) is 13.9 Å². The SMILES string of the molecule is C=CC(=O)C(C[Si](C)(C)C)=C1CCCCC1. The summed E-state index contributed by atoms with van der Waals surface area (Å²) in [4.78, 5) is 11.9. The van der Waals surface area contributed by atoms with Crippen molar-refractivity contribution in [2.75, 3.05) is 0 Å². The molecule has 0 amide bonds. The smallest absolute Gasteiger partial charge is 0.180 e. The predicted octanol–water partition coefficient (Wildman–Crippen LogP) is 4.34. The van der Waals surface area contributed by atoms with Crippen LogP contribution in [0.2, 0.25) is 25.7 Å². The lowest BCUT2D eigenvalue weighted by atomic mass is 9.90. The highest BCUT2D eigenvalue weighted by Gasteiger charge is 2.22. The van der Waals surface area contributed by atoms with Gasteiger partial charge < -0.3 is 0 Å². The fraction of sp³-hybridized carbons (Fsp3) is 0.643. The first-order valence-corrected chi connectivity index (χ1v) is 10.0. The highest BCUT2D eigenvalue weighted by molar-refractivity contribution is 6.77. The quantitative estimate of drug-likeness (QED) is 0.524. The molecule has 0 unspecified atom stereocenters. The molecule has 0 aliphatic heterocycles. The molecular formula is C14H24OSi. The number of allylic oxidation sites excluding steroid dienone is 3. The molecule has 0 atom stereocenters. The zero-order chi connectivity index (χ0) is 12.2. The van der Waals surface area contributed by atoms with Gasteiger partial charge in [0.25, 0.3) is 0 Å². The third-order valence-corrected chi connectivity index (χ3v) is 4.49. The second-order valence-electron chi connectivity index (χ2n) is 5.95. The van der Waals surface area contributed by atoms with Crippen molar-refractivity contribution >= 4 is 13.9 Å². The van der Waals surface area contributed by atoms with Gasteiger partial charge >= 0.3 is 0 Å². The summed E-state index contributed by atoms with van der Waals surface area (Å²) in [5, 5.41) is 0. The number of hydrogen-bond donors (Lipinski definition) is 0. The van der Waals surface area contributed by atoms with Crippen molar-refractivity contribution in [3.8, 4) is 0 Å². The summed E-state index contributed by atoms with van der Waals surface area (Å²) in [7, 11) is -1.21. The first-order valence-electron chi connectivity index (χ1n) is 6.32. The van der Waals surface area contributed by atoms with Crippen molar-refractivity contribution in [1.82, 2.24) is 0 Å². The van der Waals surface area contributed by atoms with Gasteiger partial charge in [0, 0.05) is 8.07 Å². The van der Waals surface area contributed by atoms with E-state index in [9.17, 15) is 4.79 Å². The fourth-order valence-electron chi connectivity index (χ4n) is 2.32. The molecule has 0 heterocycles. The van der Waals surface area contributed by atoms with Crippen molar-refractivity contribution in [1.29, 1.82) is 0 Å². The minimum atomic E-state index is -1.21. The summed E-state index contributed by atoms with van der Waals surface area (Å²) in [5.41, 5.74) is 2.53. The van der Waals surface area contributed by atoms with Gasteiger partial charge in [0.15, 0.2) is 5.78 Å². The summed E-state index contributed by atoms with van der Waals surface area (Å²) in [5.74, 6) is 0.180. The van der Waals surface area contributed by atoms with Gasteiger partial charge in [0.2, 0.25) is 0 Å². The molecule has 0 radical (unpaired) electrons. The molecule has 0 saturated heterocycles. The molecule has 0 aromatic heterocycles. The molecule has 2 heteroatoms. The molecule has 1 aliphatic carbocycles. The second-order valence-corrected chi connectivity index (χ2v) is 11.4. The Kier molecular flexibility index (Phi) is 4.72. The highest BCUT2D eigenvalue weighted by atomic mass is 28.3. The van der Waals surface area contributed by atoms with E-state index in [2.05, 4.69) is 26.2 Å². The Morgan fingerprint density at radius 1 is 1.25 bits per heavy atom. The Morgan fingerprint density at radius 2 is 1.81 bits per heavy atom. The van der Waals surface area contributed by atoms with Gasteiger partial charge in [-0.15, -0.1) is 0 Å². The Bertz CT molecular complexity index is 299. The maximum atomic E-state index is 11.9. The monoisotopic (exact) mass is 236 g/mol. The van der Waals surface area contributed by atoms with Gasteiger partial charge in [-0.05, 0) is 43.4 Å². The van der Waals surface area contributed by atoms with Gasteiger partial charge in [-0.25, -0.2) is 0 Å². The van der Waals surface area contributed by atoms with Crippen LogP contribution >= 0.6 is 0 Å². The second kappa shape index (κ2) is 5.62. The van der Waals surface area contributed by atoms with Gasteiger partial charge in [-0.3, -0.25) is 4.79 Å². The van der Waals surface area contributed by atoms with E-state index < -0.39 is 8.07 Å². The molecular weight excluding hydrogens is 212 g/mol. The first-order chi connectivity index (χ1) is 7.44. The van der Waals surface area contributed by atoms with Crippen molar-refractivity contribution in [2.24, 2.45) is 0 Å². The third kappa shape index (κ3) is 4.09. The largest absolute Gasteiger partial charge is 0.290 e. The average Bonchev–Trinajstić information content (AvgIpc) is 2.25. The number of carbonyl (C=O) groups is 1. The van der Waals surface area contributed by atoms with Crippen LogP contribution < -0.4 is 0 Å². The lowest BCUT2D eigenvalue weighted by Gasteiger charge is -2.23. The van der Waals surface area contributed by atoms with E-state index in [-0.39, 0.29) is 5.78 Å². The van der Waals surface area contributed by atoms with E-state index in [1.807, 2.05) is 0 Å². The van der Waals surface area contributed by atoms with Crippen LogP contribution in [0.3, 0.4) is 0 Å². The third-order valence-electron chi connectivity index (χ3n) is 3.07. The molecule has 90 valence electrons. The molecule has 1 saturated carbocycles. The maximum absolute atomic E-state index is 11.9. The normalized spacial score (nSPS) is 17.1. The molecule has 0 spiro atoms. The summed E-state index contributed by atoms with van der Waals surface area (Å²) in [6.07, 6.45) is 7.62. The molecule has 1 fully saturated rings. The van der Waals surface area contributed by atoms with Gasteiger partial charge in [-0.1, -0.05) is 38.2 Å². The standard InChI is InChI=1S/C14H24OSi/c1-5-14(15)13(11-16(2,3)4)12-9-7-6-8-10-12/h5H,1,6-11H2,2-4H3. The zero-order valence-electron chi connectivity index (χ0n) is 10.9. The van der Waals surface area contributed by atoms with E-state index in [0.717, 1.165) is 24.5 Å². The van der Waals surface area contributed by atoms with E-state index >= 15 is 0 Å². The van der Waals surface area contributed by atoms with Crippen LogP contribution in [0.4, 0.5) is 0 Å². The van der Waals surface area contributed by atoms with E-state index in [4.69, 9.17) is 0 Å². The summed E-state index contributed by atoms with van der Waals surface area (Å²) >= 11 is 0. The predicted molar refractivity (Wildman–Crippen MR) is 73.5 cm³/mol. The molecule has 0 aromatic carbocycles. The Balaban J connectivity index is 2.93. The Morgan fingerprint density at radius 3 is 2.25 bits per heavy atom. The molecule has 0 aromatic rings. The zero-order valence-corrected chi connectivity index (χ0v) is 11.9. The fourth-order valence-corrected chi connectivity index (χ4v) is 3.81. The summed E-state index contributed by atoms with van der Waals surface area (Å²) in [6, 6.07) is 1.02. The van der Waals surface area contributed by atoms with Crippen molar-refractivity contribution in [3.05, 3.63) is 23.8 Å². The maximum Gasteiger partial charge on any atom is 0.180 e. The minimum absolute atomic E-state index is 0.180. The van der Waals surface area contributed by atoms with Crippen LogP contribution in [0.25, 0.3) is 0 Å². The molecule has 1 rings (SSSR count). The van der Waals surface area contributed by atoms with Gasteiger partial charge in [-0.2, -0.15) is 0 Å². The van der Waals surface area contributed by atoms with Crippen molar-refractivity contribution in [3.63, 3.8) is 0 Å². The molecule has 0 N–H and O–H groups in total. The summed E-state index contributed by atoms with van der Waals surface area (Å²) < 4.78 is 0. The van der Waals surface area contributed by atoms with Crippen LogP contribution in [-0.2, 0) is 4.79 Å². The van der Waals surface area contributed by atoms with E-state index in [1.54, 1.807) is 0 Å².